The number of amides is 1. The first kappa shape index (κ1) is 14.6. The molecule has 3 heteroatoms. The third-order valence-corrected chi connectivity index (χ3v) is 5.26. The average Bonchev–Trinajstić information content (AvgIpc) is 2.47. The van der Waals surface area contributed by atoms with Gasteiger partial charge in [-0.2, -0.15) is 0 Å². The van der Waals surface area contributed by atoms with Crippen molar-refractivity contribution < 1.29 is 4.79 Å². The Hall–Kier alpha value is -1.35. The number of benzene rings is 1. The summed E-state index contributed by atoms with van der Waals surface area (Å²) in [5.41, 5.74) is 0.966. The van der Waals surface area contributed by atoms with Gasteiger partial charge in [-0.05, 0) is 24.3 Å². The van der Waals surface area contributed by atoms with Gasteiger partial charge < -0.3 is 10.2 Å². The Morgan fingerprint density at radius 1 is 1.29 bits per heavy atom. The Morgan fingerprint density at radius 2 is 2.00 bits per heavy atom. The molecule has 1 aliphatic heterocycles. The van der Waals surface area contributed by atoms with E-state index in [1.165, 1.54) is 12.0 Å². The predicted octanol–water partition coefficient (Wildman–Crippen LogP) is 2.56. The highest BCUT2D eigenvalue weighted by Gasteiger charge is 2.49. The van der Waals surface area contributed by atoms with Crippen LogP contribution in [0.5, 0.6) is 0 Å². The summed E-state index contributed by atoms with van der Waals surface area (Å²) in [5, 5.41) is 3.43. The SMILES string of the molecule is CC(C)C1CNCCN1C(=O)C1(c2ccccc2)CCC1. The molecule has 21 heavy (non-hydrogen) atoms. The molecule has 3 rings (SSSR count). The lowest BCUT2D eigenvalue weighted by atomic mass is 9.63. The molecule has 3 nitrogen and oxygen atoms in total. The van der Waals surface area contributed by atoms with Crippen LogP contribution in [0.25, 0.3) is 0 Å². The maximum Gasteiger partial charge on any atom is 0.233 e. The molecule has 0 spiro atoms. The molecule has 1 saturated heterocycles. The van der Waals surface area contributed by atoms with E-state index in [2.05, 4.69) is 48.3 Å². The molecular weight excluding hydrogens is 260 g/mol. The summed E-state index contributed by atoms with van der Waals surface area (Å²) in [6.07, 6.45) is 3.17. The minimum Gasteiger partial charge on any atom is -0.336 e. The van der Waals surface area contributed by atoms with Crippen molar-refractivity contribution >= 4 is 5.91 Å². The van der Waals surface area contributed by atoms with Crippen LogP contribution in [0.2, 0.25) is 0 Å². The van der Waals surface area contributed by atoms with Crippen LogP contribution in [-0.4, -0.2) is 36.5 Å². The summed E-state index contributed by atoms with van der Waals surface area (Å²) in [6, 6.07) is 10.7. The van der Waals surface area contributed by atoms with Crippen LogP contribution in [0.4, 0.5) is 0 Å². The summed E-state index contributed by atoms with van der Waals surface area (Å²) >= 11 is 0. The number of carbonyl (C=O) groups is 1. The van der Waals surface area contributed by atoms with E-state index >= 15 is 0 Å². The van der Waals surface area contributed by atoms with E-state index in [4.69, 9.17) is 0 Å². The summed E-state index contributed by atoms with van der Waals surface area (Å²) < 4.78 is 0. The largest absolute Gasteiger partial charge is 0.336 e. The van der Waals surface area contributed by atoms with Gasteiger partial charge >= 0.3 is 0 Å². The second kappa shape index (κ2) is 5.80. The minimum absolute atomic E-state index is 0.244. The molecule has 1 N–H and O–H groups in total. The highest BCUT2D eigenvalue weighted by atomic mass is 16.2. The van der Waals surface area contributed by atoms with Crippen LogP contribution in [0.15, 0.2) is 30.3 Å². The normalized spacial score (nSPS) is 24.7. The molecule has 1 atom stereocenters. The van der Waals surface area contributed by atoms with E-state index in [1.807, 2.05) is 6.07 Å². The van der Waals surface area contributed by atoms with Gasteiger partial charge in [-0.15, -0.1) is 0 Å². The second-order valence-electron chi connectivity index (χ2n) is 6.82. The number of nitrogens with one attached hydrogen (secondary N) is 1. The smallest absolute Gasteiger partial charge is 0.233 e. The fourth-order valence-electron chi connectivity index (χ4n) is 3.76. The third kappa shape index (κ3) is 2.48. The van der Waals surface area contributed by atoms with Crippen LogP contribution in [-0.2, 0) is 10.2 Å². The van der Waals surface area contributed by atoms with Gasteiger partial charge in [0.1, 0.15) is 0 Å². The number of rotatable bonds is 3. The van der Waals surface area contributed by atoms with E-state index in [-0.39, 0.29) is 5.41 Å². The van der Waals surface area contributed by atoms with Crippen molar-refractivity contribution in [2.75, 3.05) is 19.6 Å². The van der Waals surface area contributed by atoms with E-state index in [9.17, 15) is 4.79 Å². The van der Waals surface area contributed by atoms with Gasteiger partial charge in [-0.1, -0.05) is 50.6 Å². The molecule has 1 aromatic carbocycles. The number of nitrogens with zero attached hydrogens (tertiary/aromatic N) is 1. The first-order valence-corrected chi connectivity index (χ1v) is 8.22. The molecule has 114 valence electrons. The number of piperazine rings is 1. The van der Waals surface area contributed by atoms with Crippen LogP contribution >= 0.6 is 0 Å². The Morgan fingerprint density at radius 3 is 2.57 bits per heavy atom. The quantitative estimate of drug-likeness (QED) is 0.926. The molecule has 0 aromatic heterocycles. The van der Waals surface area contributed by atoms with Crippen molar-refractivity contribution in [3.8, 4) is 0 Å². The first-order valence-electron chi connectivity index (χ1n) is 8.22. The van der Waals surface area contributed by atoms with E-state index < -0.39 is 0 Å². The average molecular weight is 286 g/mol. The minimum atomic E-state index is -0.244. The maximum absolute atomic E-state index is 13.3. The predicted molar refractivity (Wildman–Crippen MR) is 85.2 cm³/mol. The van der Waals surface area contributed by atoms with Crippen molar-refractivity contribution in [2.45, 2.75) is 44.6 Å². The van der Waals surface area contributed by atoms with Crippen molar-refractivity contribution in [3.05, 3.63) is 35.9 Å². The lowest BCUT2D eigenvalue weighted by Crippen LogP contribution is -2.61. The summed E-state index contributed by atoms with van der Waals surface area (Å²) in [6.45, 7) is 7.12. The zero-order valence-electron chi connectivity index (χ0n) is 13.1. The molecule has 0 bridgehead atoms. The fourth-order valence-corrected chi connectivity index (χ4v) is 3.76. The molecule has 1 heterocycles. The van der Waals surface area contributed by atoms with Gasteiger partial charge in [0.05, 0.1) is 5.41 Å². The van der Waals surface area contributed by atoms with Crippen molar-refractivity contribution in [1.29, 1.82) is 0 Å². The van der Waals surface area contributed by atoms with Crippen LogP contribution < -0.4 is 5.32 Å². The molecule has 2 fully saturated rings. The summed E-state index contributed by atoms with van der Waals surface area (Å²) in [5.74, 6) is 0.856. The van der Waals surface area contributed by atoms with Crippen molar-refractivity contribution in [2.24, 2.45) is 5.92 Å². The Bertz CT molecular complexity index is 493. The summed E-state index contributed by atoms with van der Waals surface area (Å²) in [7, 11) is 0. The lowest BCUT2D eigenvalue weighted by Gasteiger charge is -2.48. The van der Waals surface area contributed by atoms with Gasteiger partial charge in [0, 0.05) is 25.7 Å². The standard InChI is InChI=1S/C18H26N2O/c1-14(2)16-13-19-11-12-20(16)17(21)18(9-6-10-18)15-7-4-3-5-8-15/h3-5,7-8,14,16,19H,6,9-13H2,1-2H3. The van der Waals surface area contributed by atoms with Crippen LogP contribution in [0.3, 0.4) is 0 Å². The Balaban J connectivity index is 1.88. The van der Waals surface area contributed by atoms with E-state index in [1.54, 1.807) is 0 Å². The highest BCUT2D eigenvalue weighted by Crippen LogP contribution is 2.45. The lowest BCUT2D eigenvalue weighted by molar-refractivity contribution is -0.145. The number of hydrogen-bond donors (Lipinski definition) is 1. The van der Waals surface area contributed by atoms with Crippen molar-refractivity contribution in [1.82, 2.24) is 10.2 Å². The van der Waals surface area contributed by atoms with E-state index in [0.29, 0.717) is 17.9 Å². The number of hydrogen-bond acceptors (Lipinski definition) is 2. The Kier molecular flexibility index (Phi) is 4.03. The van der Waals surface area contributed by atoms with Gasteiger partial charge in [0.2, 0.25) is 5.91 Å². The molecule has 1 amide bonds. The maximum atomic E-state index is 13.3. The molecule has 0 radical (unpaired) electrons. The second-order valence-corrected chi connectivity index (χ2v) is 6.82. The van der Waals surface area contributed by atoms with Gasteiger partial charge in [-0.3, -0.25) is 4.79 Å². The highest BCUT2D eigenvalue weighted by molar-refractivity contribution is 5.89. The zero-order valence-corrected chi connectivity index (χ0v) is 13.1. The molecular formula is C18H26N2O. The van der Waals surface area contributed by atoms with E-state index in [0.717, 1.165) is 32.5 Å². The van der Waals surface area contributed by atoms with Gasteiger partial charge in [0.25, 0.3) is 0 Å². The summed E-state index contributed by atoms with van der Waals surface area (Å²) in [4.78, 5) is 15.5. The van der Waals surface area contributed by atoms with Gasteiger partial charge in [0.15, 0.2) is 0 Å². The van der Waals surface area contributed by atoms with Crippen molar-refractivity contribution in [3.63, 3.8) is 0 Å². The third-order valence-electron chi connectivity index (χ3n) is 5.26. The molecule has 2 aliphatic rings. The topological polar surface area (TPSA) is 32.3 Å². The number of carbonyl (C=O) groups excluding carboxylic acids is 1. The van der Waals surface area contributed by atoms with Crippen LogP contribution in [0.1, 0.15) is 38.7 Å². The molecule has 1 unspecified atom stereocenters. The van der Waals surface area contributed by atoms with Gasteiger partial charge in [-0.25, -0.2) is 0 Å². The Labute approximate surface area is 127 Å². The zero-order chi connectivity index (χ0) is 14.9. The fraction of sp³-hybridized carbons (Fsp3) is 0.611. The molecule has 1 saturated carbocycles. The molecule has 1 aliphatic carbocycles. The monoisotopic (exact) mass is 286 g/mol. The van der Waals surface area contributed by atoms with Crippen LogP contribution in [0, 0.1) is 5.92 Å². The molecule has 1 aromatic rings. The first-order chi connectivity index (χ1) is 10.1.